The lowest BCUT2D eigenvalue weighted by atomic mass is 10.1. The minimum atomic E-state index is 0.671. The normalized spacial score (nSPS) is 11.1. The molecule has 0 aromatic heterocycles. The van der Waals surface area contributed by atoms with Crippen molar-refractivity contribution in [3.63, 3.8) is 0 Å². The Labute approximate surface area is 103 Å². The molecule has 3 heteroatoms. The van der Waals surface area contributed by atoms with Gasteiger partial charge in [0, 0.05) is 15.4 Å². The van der Waals surface area contributed by atoms with Gasteiger partial charge in [-0.05, 0) is 30.5 Å². The van der Waals surface area contributed by atoms with E-state index < -0.39 is 0 Å². The monoisotopic (exact) mass is 292 g/mol. The van der Waals surface area contributed by atoms with E-state index in [4.69, 9.17) is 23.2 Å². The van der Waals surface area contributed by atoms with Crippen molar-refractivity contribution in [3.8, 4) is 0 Å². The van der Waals surface area contributed by atoms with Crippen LogP contribution in [0.5, 0.6) is 0 Å². The predicted octanol–water partition coefficient (Wildman–Crippen LogP) is 4.83. The molecule has 0 aliphatic carbocycles. The number of allylic oxidation sites excluding steroid dienone is 2. The van der Waals surface area contributed by atoms with Crippen molar-refractivity contribution in [2.24, 2.45) is 0 Å². The SMILES string of the molecule is ClCC/C=C/Cc1ccc(Br)cc1Cl. The molecule has 0 aliphatic heterocycles. The van der Waals surface area contributed by atoms with Crippen LogP contribution < -0.4 is 0 Å². The Balaban J connectivity index is 2.59. The maximum absolute atomic E-state index is 6.05. The quantitative estimate of drug-likeness (QED) is 0.551. The molecule has 0 N–H and O–H groups in total. The van der Waals surface area contributed by atoms with Crippen molar-refractivity contribution in [2.45, 2.75) is 12.8 Å². The summed E-state index contributed by atoms with van der Waals surface area (Å²) in [5, 5.41) is 0.801. The number of alkyl halides is 1. The summed E-state index contributed by atoms with van der Waals surface area (Å²) in [7, 11) is 0. The highest BCUT2D eigenvalue weighted by atomic mass is 79.9. The van der Waals surface area contributed by atoms with Crippen molar-refractivity contribution in [1.29, 1.82) is 0 Å². The molecule has 1 rings (SSSR count). The van der Waals surface area contributed by atoms with Crippen molar-refractivity contribution in [3.05, 3.63) is 45.4 Å². The van der Waals surface area contributed by atoms with Gasteiger partial charge in [0.15, 0.2) is 0 Å². The molecule has 0 spiro atoms. The van der Waals surface area contributed by atoms with E-state index in [-0.39, 0.29) is 0 Å². The van der Waals surface area contributed by atoms with Gasteiger partial charge in [-0.1, -0.05) is 45.7 Å². The Kier molecular flexibility index (Phi) is 5.61. The van der Waals surface area contributed by atoms with Crippen LogP contribution in [0.25, 0.3) is 0 Å². The van der Waals surface area contributed by atoms with Crippen LogP contribution in [-0.2, 0) is 6.42 Å². The molecule has 0 unspecified atom stereocenters. The Morgan fingerprint density at radius 3 is 2.71 bits per heavy atom. The average Bonchev–Trinajstić information content (AvgIpc) is 2.15. The molecule has 0 radical (unpaired) electrons. The van der Waals surface area contributed by atoms with Crippen LogP contribution in [0.15, 0.2) is 34.8 Å². The summed E-state index contributed by atoms with van der Waals surface area (Å²) in [6.07, 6.45) is 5.95. The standard InChI is InChI=1S/C11H11BrCl2/c12-10-6-5-9(11(14)8-10)4-2-1-3-7-13/h1-2,5-6,8H,3-4,7H2/b2-1+. The third kappa shape index (κ3) is 4.04. The molecule has 1 aromatic rings. The molecule has 0 fully saturated rings. The minimum Gasteiger partial charge on any atom is -0.126 e. The Bertz CT molecular complexity index is 321. The summed E-state index contributed by atoms with van der Waals surface area (Å²) in [4.78, 5) is 0. The van der Waals surface area contributed by atoms with Gasteiger partial charge in [0.25, 0.3) is 0 Å². The number of hydrogen-bond donors (Lipinski definition) is 0. The summed E-state index contributed by atoms with van der Waals surface area (Å²) in [5.41, 5.74) is 1.14. The number of rotatable bonds is 4. The molecule has 14 heavy (non-hydrogen) atoms. The van der Waals surface area contributed by atoms with E-state index >= 15 is 0 Å². The molecule has 76 valence electrons. The first-order valence-electron chi connectivity index (χ1n) is 4.39. The molecule has 0 saturated heterocycles. The highest BCUT2D eigenvalue weighted by Crippen LogP contribution is 2.21. The molecule has 0 aliphatic rings. The number of benzene rings is 1. The van der Waals surface area contributed by atoms with Crippen LogP contribution in [0.2, 0.25) is 5.02 Å². The van der Waals surface area contributed by atoms with E-state index in [1.807, 2.05) is 18.2 Å². The smallest absolute Gasteiger partial charge is 0.0452 e. The van der Waals surface area contributed by atoms with Gasteiger partial charge in [-0.25, -0.2) is 0 Å². The maximum Gasteiger partial charge on any atom is 0.0452 e. The number of hydrogen-bond acceptors (Lipinski definition) is 0. The summed E-state index contributed by atoms with van der Waals surface area (Å²) >= 11 is 15.0. The molecule has 0 heterocycles. The van der Waals surface area contributed by atoms with Gasteiger partial charge in [-0.3, -0.25) is 0 Å². The highest BCUT2D eigenvalue weighted by molar-refractivity contribution is 9.10. The lowest BCUT2D eigenvalue weighted by molar-refractivity contribution is 1.18. The van der Waals surface area contributed by atoms with Crippen LogP contribution in [0, 0.1) is 0 Å². The van der Waals surface area contributed by atoms with Gasteiger partial charge < -0.3 is 0 Å². The zero-order valence-electron chi connectivity index (χ0n) is 7.64. The summed E-state index contributed by atoms with van der Waals surface area (Å²) in [6.45, 7) is 0. The fraction of sp³-hybridized carbons (Fsp3) is 0.273. The largest absolute Gasteiger partial charge is 0.126 e. The first-order valence-corrected chi connectivity index (χ1v) is 6.09. The Hall–Kier alpha value is 0.0200. The molecule has 0 bridgehead atoms. The molecular formula is C11H11BrCl2. The second-order valence-corrected chi connectivity index (χ2v) is 4.59. The van der Waals surface area contributed by atoms with Gasteiger partial charge in [0.1, 0.15) is 0 Å². The lowest BCUT2D eigenvalue weighted by Gasteiger charge is -2.00. The summed E-state index contributed by atoms with van der Waals surface area (Å²) < 4.78 is 1.01. The van der Waals surface area contributed by atoms with E-state index in [2.05, 4.69) is 28.1 Å². The van der Waals surface area contributed by atoms with Crippen LogP contribution in [0.3, 0.4) is 0 Å². The zero-order chi connectivity index (χ0) is 10.4. The van der Waals surface area contributed by atoms with Crippen LogP contribution in [0.4, 0.5) is 0 Å². The third-order valence-corrected chi connectivity index (χ3v) is 2.86. The van der Waals surface area contributed by atoms with Crippen molar-refractivity contribution >= 4 is 39.1 Å². The van der Waals surface area contributed by atoms with E-state index in [0.717, 1.165) is 27.9 Å². The van der Waals surface area contributed by atoms with E-state index in [9.17, 15) is 0 Å². The second kappa shape index (κ2) is 6.49. The zero-order valence-corrected chi connectivity index (χ0v) is 10.7. The van der Waals surface area contributed by atoms with E-state index in [1.165, 1.54) is 0 Å². The second-order valence-electron chi connectivity index (χ2n) is 2.89. The van der Waals surface area contributed by atoms with Gasteiger partial charge in [0.2, 0.25) is 0 Å². The third-order valence-electron chi connectivity index (χ3n) is 1.80. The van der Waals surface area contributed by atoms with Crippen molar-refractivity contribution in [1.82, 2.24) is 0 Å². The molecule has 0 saturated carbocycles. The van der Waals surface area contributed by atoms with Gasteiger partial charge >= 0.3 is 0 Å². The topological polar surface area (TPSA) is 0 Å². The molecule has 0 atom stereocenters. The van der Waals surface area contributed by atoms with Crippen LogP contribution >= 0.6 is 39.1 Å². The van der Waals surface area contributed by atoms with E-state index in [1.54, 1.807) is 0 Å². The molecular weight excluding hydrogens is 283 g/mol. The van der Waals surface area contributed by atoms with E-state index in [0.29, 0.717) is 5.88 Å². The average molecular weight is 294 g/mol. The number of halogens is 3. The van der Waals surface area contributed by atoms with Crippen molar-refractivity contribution < 1.29 is 0 Å². The Morgan fingerprint density at radius 1 is 1.29 bits per heavy atom. The molecule has 0 amide bonds. The first kappa shape index (κ1) is 12.1. The molecule has 1 aromatic carbocycles. The Morgan fingerprint density at radius 2 is 2.07 bits per heavy atom. The fourth-order valence-electron chi connectivity index (χ4n) is 1.08. The molecule has 0 nitrogen and oxygen atoms in total. The first-order chi connectivity index (χ1) is 6.74. The van der Waals surface area contributed by atoms with Crippen molar-refractivity contribution in [2.75, 3.05) is 5.88 Å². The van der Waals surface area contributed by atoms with Gasteiger partial charge in [0.05, 0.1) is 0 Å². The summed E-state index contributed by atoms with van der Waals surface area (Å²) in [6, 6.07) is 5.93. The van der Waals surface area contributed by atoms with Crippen LogP contribution in [0.1, 0.15) is 12.0 Å². The van der Waals surface area contributed by atoms with Crippen LogP contribution in [-0.4, -0.2) is 5.88 Å². The predicted molar refractivity (Wildman–Crippen MR) is 67.3 cm³/mol. The maximum atomic E-state index is 6.05. The highest BCUT2D eigenvalue weighted by Gasteiger charge is 1.98. The minimum absolute atomic E-state index is 0.671. The lowest BCUT2D eigenvalue weighted by Crippen LogP contribution is -1.82. The fourth-order valence-corrected chi connectivity index (χ4v) is 1.95. The summed E-state index contributed by atoms with van der Waals surface area (Å²) in [5.74, 6) is 0.671. The van der Waals surface area contributed by atoms with Gasteiger partial charge in [-0.15, -0.1) is 11.6 Å². The van der Waals surface area contributed by atoms with Gasteiger partial charge in [-0.2, -0.15) is 0 Å².